The molecular weight excluding hydrogens is 683 g/mol. The van der Waals surface area contributed by atoms with Gasteiger partial charge in [-0.05, 0) is 48.3 Å². The molecule has 1 fully saturated rings. The van der Waals surface area contributed by atoms with Crippen LogP contribution in [-0.4, -0.2) is 68.9 Å². The van der Waals surface area contributed by atoms with Crippen LogP contribution in [0.5, 0.6) is 0 Å². The van der Waals surface area contributed by atoms with Crippen molar-refractivity contribution in [1.82, 2.24) is 0 Å². The highest BCUT2D eigenvalue weighted by atomic mass is 28.4. The van der Waals surface area contributed by atoms with Crippen LogP contribution >= 0.6 is 0 Å². The first-order valence-corrected chi connectivity index (χ1v) is 20.3. The Morgan fingerprint density at radius 2 is 1.50 bits per heavy atom. The van der Waals surface area contributed by atoms with E-state index >= 15 is 0 Å². The van der Waals surface area contributed by atoms with Crippen LogP contribution in [0.2, 0.25) is 18.1 Å². The van der Waals surface area contributed by atoms with E-state index in [4.69, 9.17) is 28.1 Å². The summed E-state index contributed by atoms with van der Waals surface area (Å²) in [7, 11) is -0.915. The van der Waals surface area contributed by atoms with Crippen molar-refractivity contribution in [3.8, 4) is 11.8 Å². The number of rotatable bonds is 14. The average molecular weight is 732 g/mol. The molecule has 1 aliphatic rings. The molecule has 52 heavy (non-hydrogen) atoms. The lowest BCUT2D eigenvalue weighted by atomic mass is 9.92. The molecule has 12 heteroatoms. The SMILES string of the molecule is COC(=O)C[C@@H]1C[C@H](OCc2ccccc2)[C@@H](OCc2ccccc2)[C@H]([C@@H](C#C[C@@H](C)O[Si](C)(C)C(C)(C)C)OC(=O)c2ccc([N+](=O)[O-])cc2)O1. The van der Waals surface area contributed by atoms with E-state index < -0.39 is 61.8 Å². The molecule has 0 N–H and O–H groups in total. The topological polar surface area (TPSA) is 133 Å². The number of esters is 2. The van der Waals surface area contributed by atoms with Gasteiger partial charge in [0.2, 0.25) is 0 Å². The molecule has 3 aromatic carbocycles. The van der Waals surface area contributed by atoms with Crippen LogP contribution in [0, 0.1) is 22.0 Å². The summed E-state index contributed by atoms with van der Waals surface area (Å²) in [6, 6.07) is 24.4. The first kappa shape index (κ1) is 40.4. The molecule has 3 aromatic rings. The highest BCUT2D eigenvalue weighted by molar-refractivity contribution is 6.74. The van der Waals surface area contributed by atoms with Gasteiger partial charge in [-0.25, -0.2) is 4.79 Å². The van der Waals surface area contributed by atoms with Gasteiger partial charge in [-0.3, -0.25) is 14.9 Å². The molecule has 278 valence electrons. The molecule has 1 heterocycles. The highest BCUT2D eigenvalue weighted by Gasteiger charge is 2.46. The summed E-state index contributed by atoms with van der Waals surface area (Å²) in [5.74, 6) is 5.03. The minimum Gasteiger partial charge on any atom is -0.469 e. The minimum atomic E-state index is -2.22. The van der Waals surface area contributed by atoms with E-state index in [1.165, 1.54) is 31.4 Å². The first-order valence-electron chi connectivity index (χ1n) is 17.3. The van der Waals surface area contributed by atoms with Crippen molar-refractivity contribution in [3.05, 3.63) is 112 Å². The molecule has 0 saturated carbocycles. The number of non-ortho nitro benzene ring substituents is 1. The second-order valence-corrected chi connectivity index (χ2v) is 19.0. The normalized spacial score (nSPS) is 20.1. The largest absolute Gasteiger partial charge is 0.469 e. The van der Waals surface area contributed by atoms with E-state index in [1.54, 1.807) is 0 Å². The quantitative estimate of drug-likeness (QED) is 0.0542. The van der Waals surface area contributed by atoms with Crippen molar-refractivity contribution < 1.29 is 42.6 Å². The monoisotopic (exact) mass is 731 g/mol. The van der Waals surface area contributed by atoms with Gasteiger partial charge < -0.3 is 28.1 Å². The van der Waals surface area contributed by atoms with Gasteiger partial charge in [0.25, 0.3) is 5.69 Å². The third kappa shape index (κ3) is 11.6. The Labute approximate surface area is 307 Å². The number of carbonyl (C=O) groups excluding carboxylic acids is 2. The van der Waals surface area contributed by atoms with Crippen LogP contribution in [0.4, 0.5) is 5.69 Å². The van der Waals surface area contributed by atoms with Crippen molar-refractivity contribution in [1.29, 1.82) is 0 Å². The number of nitrogens with zero attached hydrogens (tertiary/aromatic N) is 1. The average Bonchev–Trinajstić information content (AvgIpc) is 3.11. The summed E-state index contributed by atoms with van der Waals surface area (Å²) in [5.41, 5.74) is 1.76. The highest BCUT2D eigenvalue weighted by Crippen LogP contribution is 2.37. The Morgan fingerprint density at radius 3 is 2.04 bits per heavy atom. The lowest BCUT2D eigenvalue weighted by Crippen LogP contribution is -2.56. The van der Waals surface area contributed by atoms with Crippen molar-refractivity contribution in [3.63, 3.8) is 0 Å². The summed E-state index contributed by atoms with van der Waals surface area (Å²) in [6.45, 7) is 13.0. The van der Waals surface area contributed by atoms with Gasteiger partial charge in [-0.15, -0.1) is 0 Å². The zero-order valence-corrected chi connectivity index (χ0v) is 31.9. The number of ether oxygens (including phenoxy) is 5. The fraction of sp³-hybridized carbons (Fsp3) is 0.450. The third-order valence-corrected chi connectivity index (χ3v) is 13.9. The smallest absolute Gasteiger partial charge is 0.339 e. The molecule has 0 aromatic heterocycles. The summed E-state index contributed by atoms with van der Waals surface area (Å²) in [4.78, 5) is 37.0. The molecule has 0 aliphatic carbocycles. The van der Waals surface area contributed by atoms with Gasteiger partial charge in [0.15, 0.2) is 14.4 Å². The zero-order valence-electron chi connectivity index (χ0n) is 30.9. The number of methoxy groups -OCH3 is 1. The summed E-state index contributed by atoms with van der Waals surface area (Å²) >= 11 is 0. The maximum atomic E-state index is 13.7. The van der Waals surface area contributed by atoms with E-state index in [1.807, 2.05) is 67.6 Å². The maximum Gasteiger partial charge on any atom is 0.339 e. The van der Waals surface area contributed by atoms with Crippen LogP contribution in [0.3, 0.4) is 0 Å². The standard InChI is InChI=1S/C40H49NO10Si/c1-28(51-52(6,7)40(2,3)4)18-23-34(50-39(43)31-19-21-32(22-20-31)41(44)45)38-37(48-27-30-16-12-9-13-17-30)35(24-33(49-38)25-36(42)46-5)47-26-29-14-10-8-11-15-29/h8-17,19-22,28,33-35,37-38H,24-27H2,1-7H3/t28-,33+,34-,35+,37-,38+/m1/s1. The summed E-state index contributed by atoms with van der Waals surface area (Å²) in [5, 5.41) is 11.2. The fourth-order valence-corrected chi connectivity index (χ4v) is 6.74. The summed E-state index contributed by atoms with van der Waals surface area (Å²) in [6.07, 6.45) is -4.66. The van der Waals surface area contributed by atoms with E-state index in [2.05, 4.69) is 45.7 Å². The summed E-state index contributed by atoms with van der Waals surface area (Å²) < 4.78 is 37.2. The molecule has 0 amide bonds. The van der Waals surface area contributed by atoms with Gasteiger partial charge >= 0.3 is 11.9 Å². The van der Waals surface area contributed by atoms with Crippen LogP contribution in [-0.2, 0) is 46.1 Å². The molecule has 6 atom stereocenters. The molecule has 0 bridgehead atoms. The molecule has 11 nitrogen and oxygen atoms in total. The first-order chi connectivity index (χ1) is 24.7. The minimum absolute atomic E-state index is 0.0714. The number of nitro groups is 1. The Kier molecular flexibility index (Phi) is 14.3. The maximum absolute atomic E-state index is 13.7. The van der Waals surface area contributed by atoms with Gasteiger partial charge in [0.05, 0.1) is 49.4 Å². The van der Waals surface area contributed by atoms with Crippen LogP contribution in [0.15, 0.2) is 84.9 Å². The number of carbonyl (C=O) groups is 2. The predicted octanol–water partition coefficient (Wildman–Crippen LogP) is 7.43. The van der Waals surface area contributed by atoms with E-state index in [0.29, 0.717) is 6.42 Å². The zero-order chi connectivity index (χ0) is 37.9. The number of nitro benzene ring substituents is 1. The van der Waals surface area contributed by atoms with Crippen LogP contribution < -0.4 is 0 Å². The van der Waals surface area contributed by atoms with Crippen molar-refractivity contribution in [2.45, 2.75) is 109 Å². The van der Waals surface area contributed by atoms with Gasteiger partial charge in [0, 0.05) is 18.6 Å². The lowest BCUT2D eigenvalue weighted by Gasteiger charge is -2.43. The molecule has 1 aliphatic heterocycles. The molecule has 0 radical (unpaired) electrons. The van der Waals surface area contributed by atoms with Crippen molar-refractivity contribution in [2.24, 2.45) is 0 Å². The second-order valence-electron chi connectivity index (χ2n) is 14.3. The van der Waals surface area contributed by atoms with E-state index in [-0.39, 0.29) is 35.9 Å². The number of benzene rings is 3. The number of hydrogen-bond donors (Lipinski definition) is 0. The van der Waals surface area contributed by atoms with Crippen LogP contribution in [0.25, 0.3) is 0 Å². The molecule has 4 rings (SSSR count). The predicted molar refractivity (Wildman–Crippen MR) is 198 cm³/mol. The van der Waals surface area contributed by atoms with Crippen molar-refractivity contribution >= 4 is 25.9 Å². The van der Waals surface area contributed by atoms with Gasteiger partial charge in [0.1, 0.15) is 18.3 Å². The Bertz CT molecular complexity index is 1680. The molecule has 0 unspecified atom stereocenters. The van der Waals surface area contributed by atoms with Gasteiger partial charge in [-0.2, -0.15) is 0 Å². The molecule has 0 spiro atoms. The lowest BCUT2D eigenvalue weighted by molar-refractivity contribution is -0.384. The van der Waals surface area contributed by atoms with E-state index in [9.17, 15) is 19.7 Å². The van der Waals surface area contributed by atoms with E-state index in [0.717, 1.165) is 11.1 Å². The molecular formula is C40H49NO10Si. The number of hydrogen-bond acceptors (Lipinski definition) is 10. The van der Waals surface area contributed by atoms with Crippen molar-refractivity contribution in [2.75, 3.05) is 7.11 Å². The second kappa shape index (κ2) is 18.4. The van der Waals surface area contributed by atoms with Gasteiger partial charge in [-0.1, -0.05) is 93.3 Å². The van der Waals surface area contributed by atoms with Crippen LogP contribution in [0.1, 0.15) is 62.0 Å². The Morgan fingerprint density at radius 1 is 0.923 bits per heavy atom. The Hall–Kier alpha value is -4.38. The Balaban J connectivity index is 1.75. The fourth-order valence-electron chi connectivity index (χ4n) is 5.44. The third-order valence-electron chi connectivity index (χ3n) is 9.30. The molecule has 1 saturated heterocycles.